The zero-order valence-electron chi connectivity index (χ0n) is 17.5. The van der Waals surface area contributed by atoms with Crippen molar-refractivity contribution in [2.24, 2.45) is 0 Å². The first kappa shape index (κ1) is 22.5. The van der Waals surface area contributed by atoms with Gasteiger partial charge in [-0.2, -0.15) is 0 Å². The summed E-state index contributed by atoms with van der Waals surface area (Å²) in [4.78, 5) is 29.2. The maximum Gasteiger partial charge on any atom is 0.283 e. The Kier molecular flexibility index (Phi) is 6.60. The lowest BCUT2D eigenvalue weighted by atomic mass is 10.1. The van der Waals surface area contributed by atoms with Gasteiger partial charge in [-0.25, -0.2) is 4.90 Å². The van der Waals surface area contributed by atoms with E-state index in [-0.39, 0.29) is 21.4 Å². The van der Waals surface area contributed by atoms with Crippen LogP contribution < -0.4 is 10.2 Å². The van der Waals surface area contributed by atoms with Crippen molar-refractivity contribution in [3.05, 3.63) is 98.5 Å². The smallest absolute Gasteiger partial charge is 0.283 e. The number of hydrogen-bond acceptors (Lipinski definition) is 4. The fourth-order valence-electron chi connectivity index (χ4n) is 3.41. The average Bonchev–Trinajstić information content (AvgIpc) is 3.01. The monoisotopic (exact) mass is 482 g/mol. The Morgan fingerprint density at radius 3 is 2.34 bits per heavy atom. The van der Waals surface area contributed by atoms with Gasteiger partial charge in [0.15, 0.2) is 0 Å². The number of carbonyl (C=O) groups is 2. The van der Waals surface area contributed by atoms with E-state index in [1.165, 1.54) is 11.8 Å². The molecule has 0 aliphatic carbocycles. The maximum atomic E-state index is 13.5. The molecule has 0 unspecified atom stereocenters. The molecule has 0 radical (unpaired) electrons. The quantitative estimate of drug-likeness (QED) is 0.390. The number of amides is 2. The van der Waals surface area contributed by atoms with E-state index in [1.807, 2.05) is 62.4 Å². The molecule has 3 aromatic rings. The van der Waals surface area contributed by atoms with E-state index in [2.05, 4.69) is 5.32 Å². The number of halogens is 2. The number of nitrogens with zero attached hydrogens (tertiary/aromatic N) is 1. The van der Waals surface area contributed by atoms with Crippen LogP contribution in [0.3, 0.4) is 0 Å². The fraction of sp³-hybridized carbons (Fsp3) is 0.120. The zero-order valence-corrected chi connectivity index (χ0v) is 19.8. The molecule has 32 heavy (non-hydrogen) atoms. The summed E-state index contributed by atoms with van der Waals surface area (Å²) in [7, 11) is 0. The van der Waals surface area contributed by atoms with Gasteiger partial charge >= 0.3 is 0 Å². The molecule has 1 aliphatic heterocycles. The molecule has 4 rings (SSSR count). The lowest BCUT2D eigenvalue weighted by molar-refractivity contribution is -0.120. The third-order valence-electron chi connectivity index (χ3n) is 5.11. The molecule has 0 saturated carbocycles. The van der Waals surface area contributed by atoms with Crippen LogP contribution in [0.15, 0.2) is 82.2 Å². The molecule has 0 spiro atoms. The van der Waals surface area contributed by atoms with Gasteiger partial charge in [0, 0.05) is 10.6 Å². The molecule has 1 aliphatic rings. The van der Waals surface area contributed by atoms with E-state index in [0.29, 0.717) is 4.91 Å². The van der Waals surface area contributed by atoms with E-state index in [4.69, 9.17) is 23.2 Å². The summed E-state index contributed by atoms with van der Waals surface area (Å²) >= 11 is 13.8. The van der Waals surface area contributed by atoms with Crippen molar-refractivity contribution < 1.29 is 9.59 Å². The number of aryl methyl sites for hydroxylation is 2. The van der Waals surface area contributed by atoms with Crippen LogP contribution in [0.25, 0.3) is 0 Å². The molecule has 0 bridgehead atoms. The number of nitrogens with one attached hydrogen (secondary N) is 1. The highest BCUT2D eigenvalue weighted by molar-refractivity contribution is 8.04. The first-order valence-electron chi connectivity index (χ1n) is 10.1. The zero-order chi connectivity index (χ0) is 22.8. The Hall–Kier alpha value is -2.73. The molecule has 0 atom stereocenters. The SMILES string of the molecule is CCc1ccccc1NC1=C(Sc2ccc(C)cc2)C(=O)N(c2cccc(Cl)c2Cl)C1=O. The number of rotatable bonds is 6. The van der Waals surface area contributed by atoms with Gasteiger partial charge in [-0.3, -0.25) is 9.59 Å². The van der Waals surface area contributed by atoms with E-state index in [1.54, 1.807) is 18.2 Å². The topological polar surface area (TPSA) is 49.4 Å². The third kappa shape index (κ3) is 4.29. The summed E-state index contributed by atoms with van der Waals surface area (Å²) in [6, 6.07) is 20.4. The highest BCUT2D eigenvalue weighted by Crippen LogP contribution is 2.41. The predicted molar refractivity (Wildman–Crippen MR) is 132 cm³/mol. The summed E-state index contributed by atoms with van der Waals surface area (Å²) in [5.41, 5.74) is 3.42. The lowest BCUT2D eigenvalue weighted by Gasteiger charge is -2.17. The Balaban J connectivity index is 1.80. The van der Waals surface area contributed by atoms with Crippen LogP contribution in [0, 0.1) is 6.92 Å². The molecule has 3 aromatic carbocycles. The van der Waals surface area contributed by atoms with E-state index in [9.17, 15) is 9.59 Å². The summed E-state index contributed by atoms with van der Waals surface area (Å²) in [6.45, 7) is 4.03. The van der Waals surface area contributed by atoms with Crippen LogP contribution in [0.2, 0.25) is 10.0 Å². The highest BCUT2D eigenvalue weighted by Gasteiger charge is 2.41. The summed E-state index contributed by atoms with van der Waals surface area (Å²) < 4.78 is 0. The van der Waals surface area contributed by atoms with Gasteiger partial charge in [-0.1, -0.05) is 83.8 Å². The minimum Gasteiger partial charge on any atom is -0.350 e. The minimum atomic E-state index is -0.473. The Labute approximate surface area is 201 Å². The largest absolute Gasteiger partial charge is 0.350 e. The number of benzene rings is 3. The minimum absolute atomic E-state index is 0.158. The van der Waals surface area contributed by atoms with Gasteiger partial charge in [0.05, 0.1) is 15.7 Å². The van der Waals surface area contributed by atoms with Crippen molar-refractivity contribution in [1.82, 2.24) is 0 Å². The second-order valence-corrected chi connectivity index (χ2v) is 9.14. The number of thioether (sulfide) groups is 1. The Bertz CT molecular complexity index is 1240. The molecule has 0 fully saturated rings. The van der Waals surface area contributed by atoms with Crippen molar-refractivity contribution in [3.63, 3.8) is 0 Å². The first-order chi connectivity index (χ1) is 15.4. The Morgan fingerprint density at radius 2 is 1.62 bits per heavy atom. The van der Waals surface area contributed by atoms with Crippen molar-refractivity contribution in [2.45, 2.75) is 25.2 Å². The average molecular weight is 483 g/mol. The van der Waals surface area contributed by atoms with E-state index >= 15 is 0 Å². The second-order valence-electron chi connectivity index (χ2n) is 7.27. The van der Waals surface area contributed by atoms with Crippen LogP contribution in [0.1, 0.15) is 18.1 Å². The molecular weight excluding hydrogens is 463 g/mol. The predicted octanol–water partition coefficient (Wildman–Crippen LogP) is 6.85. The molecule has 7 heteroatoms. The molecule has 2 amide bonds. The molecule has 4 nitrogen and oxygen atoms in total. The highest BCUT2D eigenvalue weighted by atomic mass is 35.5. The molecule has 0 saturated heterocycles. The van der Waals surface area contributed by atoms with Crippen LogP contribution in [0.5, 0.6) is 0 Å². The molecule has 0 aromatic heterocycles. The number of hydrogen-bond donors (Lipinski definition) is 1. The van der Waals surface area contributed by atoms with Crippen molar-refractivity contribution in [3.8, 4) is 0 Å². The van der Waals surface area contributed by atoms with Gasteiger partial charge in [-0.05, 0) is 49.2 Å². The van der Waals surface area contributed by atoms with Gasteiger partial charge in [0.25, 0.3) is 11.8 Å². The normalized spacial score (nSPS) is 13.8. The third-order valence-corrected chi connectivity index (χ3v) is 7.01. The molecular formula is C25H20Cl2N2O2S. The first-order valence-corrected chi connectivity index (χ1v) is 11.6. The number of para-hydroxylation sites is 1. The maximum absolute atomic E-state index is 13.5. The molecule has 1 heterocycles. The fourth-order valence-corrected chi connectivity index (χ4v) is 4.71. The molecule has 1 N–H and O–H groups in total. The van der Waals surface area contributed by atoms with Gasteiger partial charge in [-0.15, -0.1) is 0 Å². The lowest BCUT2D eigenvalue weighted by Crippen LogP contribution is -2.32. The number of imide groups is 1. The van der Waals surface area contributed by atoms with Crippen molar-refractivity contribution >= 4 is 58.2 Å². The van der Waals surface area contributed by atoms with E-state index < -0.39 is 11.8 Å². The Morgan fingerprint density at radius 1 is 0.906 bits per heavy atom. The summed E-state index contributed by atoms with van der Waals surface area (Å²) in [6.07, 6.45) is 0.781. The van der Waals surface area contributed by atoms with Crippen LogP contribution >= 0.6 is 35.0 Å². The van der Waals surface area contributed by atoms with Crippen molar-refractivity contribution in [2.75, 3.05) is 10.2 Å². The van der Waals surface area contributed by atoms with Gasteiger partial charge in [0.1, 0.15) is 10.6 Å². The van der Waals surface area contributed by atoms with E-state index in [0.717, 1.165) is 33.0 Å². The molecule has 162 valence electrons. The van der Waals surface area contributed by atoms with Crippen LogP contribution in [0.4, 0.5) is 11.4 Å². The number of carbonyl (C=O) groups excluding carboxylic acids is 2. The van der Waals surface area contributed by atoms with Gasteiger partial charge < -0.3 is 5.32 Å². The summed E-state index contributed by atoms with van der Waals surface area (Å²) in [5.74, 6) is -0.916. The van der Waals surface area contributed by atoms with Crippen LogP contribution in [-0.4, -0.2) is 11.8 Å². The van der Waals surface area contributed by atoms with Crippen molar-refractivity contribution in [1.29, 1.82) is 0 Å². The van der Waals surface area contributed by atoms with Crippen LogP contribution in [-0.2, 0) is 16.0 Å². The summed E-state index contributed by atoms with van der Waals surface area (Å²) in [5, 5.41) is 3.66. The standard InChI is InChI=1S/C25H20Cl2N2O2S/c1-3-16-7-4-5-9-19(16)28-22-23(32-17-13-11-15(2)12-14-17)25(31)29(24(22)30)20-10-6-8-18(26)21(20)27/h4-14,28H,3H2,1-2H3. The second kappa shape index (κ2) is 9.41. The van der Waals surface area contributed by atoms with Gasteiger partial charge in [0.2, 0.25) is 0 Å². The number of anilines is 2.